The number of carbonyl (C=O) groups is 1. The lowest BCUT2D eigenvalue weighted by Gasteiger charge is -2.15. The van der Waals surface area contributed by atoms with E-state index in [-0.39, 0.29) is 24.0 Å². The number of nitrogens with one attached hydrogen (secondary N) is 1. The van der Waals surface area contributed by atoms with Crippen LogP contribution in [0.2, 0.25) is 0 Å². The molecular formula is C17H19BrN2O3. The minimum absolute atomic E-state index is 0.0486. The number of rotatable bonds is 3. The van der Waals surface area contributed by atoms with E-state index >= 15 is 0 Å². The number of nitrogens with zero attached hydrogens (tertiary/aromatic N) is 1. The molecule has 1 aromatic carbocycles. The molecule has 6 heteroatoms. The van der Waals surface area contributed by atoms with Crippen molar-refractivity contribution in [2.75, 3.05) is 6.79 Å². The minimum Gasteiger partial charge on any atom is -0.454 e. The van der Waals surface area contributed by atoms with Crippen molar-refractivity contribution in [1.29, 1.82) is 0 Å². The van der Waals surface area contributed by atoms with Crippen molar-refractivity contribution < 1.29 is 14.3 Å². The molecule has 0 saturated heterocycles. The molecule has 1 aromatic rings. The zero-order chi connectivity index (χ0) is 16.0. The molecule has 1 amide bonds. The van der Waals surface area contributed by atoms with E-state index in [0.717, 1.165) is 16.5 Å². The van der Waals surface area contributed by atoms with Crippen molar-refractivity contribution in [2.45, 2.75) is 32.6 Å². The molecule has 122 valence electrons. The second-order valence-electron chi connectivity index (χ2n) is 6.80. The quantitative estimate of drug-likeness (QED) is 0.647. The van der Waals surface area contributed by atoms with Crippen LogP contribution in [0, 0.1) is 17.3 Å². The van der Waals surface area contributed by atoms with Crippen LogP contribution in [-0.4, -0.2) is 18.9 Å². The van der Waals surface area contributed by atoms with E-state index in [1.54, 1.807) is 6.21 Å². The summed E-state index contributed by atoms with van der Waals surface area (Å²) >= 11 is 3.48. The van der Waals surface area contributed by atoms with Gasteiger partial charge in [0.05, 0.1) is 6.21 Å². The standard InChI is InChI=1S/C17H19BrN2O3/c1-17-5-3-2-4-11(17)15(17)16(21)20-19-8-10-6-13-14(7-12(10)18)23-9-22-13/h6-8,11,15H,2-5,9H2,1H3,(H,20,21)/b19-8-. The Morgan fingerprint density at radius 3 is 2.91 bits per heavy atom. The number of hydrogen-bond acceptors (Lipinski definition) is 4. The van der Waals surface area contributed by atoms with E-state index in [4.69, 9.17) is 9.47 Å². The lowest BCUT2D eigenvalue weighted by molar-refractivity contribution is -0.123. The summed E-state index contributed by atoms with van der Waals surface area (Å²) in [4.78, 5) is 12.4. The van der Waals surface area contributed by atoms with Gasteiger partial charge in [0.25, 0.3) is 0 Å². The van der Waals surface area contributed by atoms with Crippen LogP contribution in [-0.2, 0) is 4.79 Å². The minimum atomic E-state index is 0.0486. The van der Waals surface area contributed by atoms with Gasteiger partial charge in [-0.25, -0.2) is 5.43 Å². The maximum atomic E-state index is 12.4. The lowest BCUT2D eigenvalue weighted by Crippen LogP contribution is -2.22. The van der Waals surface area contributed by atoms with E-state index < -0.39 is 0 Å². The Morgan fingerprint density at radius 1 is 1.39 bits per heavy atom. The van der Waals surface area contributed by atoms with Crippen molar-refractivity contribution in [1.82, 2.24) is 5.43 Å². The molecule has 23 heavy (non-hydrogen) atoms. The number of ether oxygens (including phenoxy) is 2. The van der Waals surface area contributed by atoms with Gasteiger partial charge >= 0.3 is 0 Å². The molecule has 5 nitrogen and oxygen atoms in total. The van der Waals surface area contributed by atoms with Crippen molar-refractivity contribution >= 4 is 28.1 Å². The van der Waals surface area contributed by atoms with Gasteiger partial charge in [-0.3, -0.25) is 4.79 Å². The van der Waals surface area contributed by atoms with Crippen LogP contribution in [0.3, 0.4) is 0 Å². The zero-order valence-electron chi connectivity index (χ0n) is 13.0. The highest BCUT2D eigenvalue weighted by molar-refractivity contribution is 9.10. The summed E-state index contributed by atoms with van der Waals surface area (Å²) in [5, 5.41) is 4.13. The van der Waals surface area contributed by atoms with Crippen LogP contribution < -0.4 is 14.9 Å². The summed E-state index contributed by atoms with van der Waals surface area (Å²) in [6.45, 7) is 2.47. The van der Waals surface area contributed by atoms with Gasteiger partial charge in [-0.05, 0) is 52.2 Å². The van der Waals surface area contributed by atoms with Gasteiger partial charge in [-0.1, -0.05) is 19.8 Å². The first kappa shape index (κ1) is 15.0. The van der Waals surface area contributed by atoms with Gasteiger partial charge < -0.3 is 9.47 Å². The average molecular weight is 379 g/mol. The molecular weight excluding hydrogens is 360 g/mol. The van der Waals surface area contributed by atoms with Gasteiger partial charge in [-0.2, -0.15) is 5.10 Å². The number of halogens is 1. The molecule has 0 spiro atoms. The fourth-order valence-electron chi connectivity index (χ4n) is 4.12. The van der Waals surface area contributed by atoms with E-state index in [1.807, 2.05) is 12.1 Å². The van der Waals surface area contributed by atoms with E-state index in [9.17, 15) is 4.79 Å². The third-order valence-corrected chi connectivity index (χ3v) is 6.17. The van der Waals surface area contributed by atoms with Gasteiger partial charge in [-0.15, -0.1) is 0 Å². The van der Waals surface area contributed by atoms with Crippen molar-refractivity contribution in [3.63, 3.8) is 0 Å². The highest BCUT2D eigenvalue weighted by Gasteiger charge is 2.64. The third kappa shape index (κ3) is 2.53. The van der Waals surface area contributed by atoms with Crippen LogP contribution in [0.5, 0.6) is 11.5 Å². The Kier molecular flexibility index (Phi) is 3.59. The van der Waals surface area contributed by atoms with Gasteiger partial charge in [0, 0.05) is 16.0 Å². The first-order valence-corrected chi connectivity index (χ1v) is 8.81. The number of benzene rings is 1. The number of fused-ring (bicyclic) bond motifs is 2. The van der Waals surface area contributed by atoms with Crippen LogP contribution in [0.15, 0.2) is 21.7 Å². The molecule has 2 fully saturated rings. The van der Waals surface area contributed by atoms with Gasteiger partial charge in [0.1, 0.15) is 0 Å². The second kappa shape index (κ2) is 5.51. The predicted octanol–water partition coefficient (Wildman–Crippen LogP) is 3.45. The molecule has 4 rings (SSSR count). The van der Waals surface area contributed by atoms with Crippen LogP contribution in [0.1, 0.15) is 38.2 Å². The summed E-state index contributed by atoms with van der Waals surface area (Å²) in [7, 11) is 0. The average Bonchev–Trinajstić information content (AvgIpc) is 2.91. The van der Waals surface area contributed by atoms with Crippen LogP contribution in [0.4, 0.5) is 0 Å². The monoisotopic (exact) mass is 378 g/mol. The summed E-state index contributed by atoms with van der Waals surface area (Å²) in [6.07, 6.45) is 6.46. The van der Waals surface area contributed by atoms with Crippen molar-refractivity contribution in [3.05, 3.63) is 22.2 Å². The number of hydrogen-bond donors (Lipinski definition) is 1. The van der Waals surface area contributed by atoms with E-state index in [0.29, 0.717) is 17.4 Å². The maximum absolute atomic E-state index is 12.4. The summed E-state index contributed by atoms with van der Waals surface area (Å²) in [6, 6.07) is 3.70. The maximum Gasteiger partial charge on any atom is 0.244 e. The molecule has 2 saturated carbocycles. The Morgan fingerprint density at radius 2 is 2.17 bits per heavy atom. The third-order valence-electron chi connectivity index (χ3n) is 5.48. The Bertz CT molecular complexity index is 691. The predicted molar refractivity (Wildman–Crippen MR) is 89.6 cm³/mol. The topological polar surface area (TPSA) is 59.9 Å². The number of hydrazone groups is 1. The Labute approximate surface area is 143 Å². The van der Waals surface area contributed by atoms with Crippen LogP contribution >= 0.6 is 15.9 Å². The van der Waals surface area contributed by atoms with Crippen molar-refractivity contribution in [2.24, 2.45) is 22.4 Å². The first-order valence-electron chi connectivity index (χ1n) is 8.02. The van der Waals surface area contributed by atoms with E-state index in [1.165, 1.54) is 19.3 Å². The molecule has 3 atom stereocenters. The molecule has 0 bridgehead atoms. The van der Waals surface area contributed by atoms with E-state index in [2.05, 4.69) is 33.4 Å². The highest BCUT2D eigenvalue weighted by Crippen LogP contribution is 2.66. The first-order chi connectivity index (χ1) is 11.1. The van der Waals surface area contributed by atoms with Crippen molar-refractivity contribution in [3.8, 4) is 11.5 Å². The number of amides is 1. The highest BCUT2D eigenvalue weighted by atomic mass is 79.9. The summed E-state index contributed by atoms with van der Waals surface area (Å²) in [5.74, 6) is 2.13. The van der Waals surface area contributed by atoms with Gasteiger partial charge in [0.2, 0.25) is 12.7 Å². The Balaban J connectivity index is 1.41. The normalized spacial score (nSPS) is 31.0. The summed E-state index contributed by atoms with van der Waals surface area (Å²) in [5.41, 5.74) is 3.75. The molecule has 2 aliphatic carbocycles. The zero-order valence-corrected chi connectivity index (χ0v) is 14.6. The molecule has 1 heterocycles. The van der Waals surface area contributed by atoms with Crippen LogP contribution in [0.25, 0.3) is 0 Å². The molecule has 0 radical (unpaired) electrons. The van der Waals surface area contributed by atoms with Gasteiger partial charge in [0.15, 0.2) is 11.5 Å². The largest absolute Gasteiger partial charge is 0.454 e. The molecule has 3 unspecified atom stereocenters. The fraction of sp³-hybridized carbons (Fsp3) is 0.529. The lowest BCUT2D eigenvalue weighted by atomic mass is 9.90. The number of carbonyl (C=O) groups excluding carboxylic acids is 1. The Hall–Kier alpha value is -1.56. The fourth-order valence-corrected chi connectivity index (χ4v) is 4.54. The summed E-state index contributed by atoms with van der Waals surface area (Å²) < 4.78 is 11.5. The molecule has 1 aliphatic heterocycles. The molecule has 3 aliphatic rings. The smallest absolute Gasteiger partial charge is 0.244 e. The molecule has 0 aromatic heterocycles. The molecule has 1 N–H and O–H groups in total. The second-order valence-corrected chi connectivity index (χ2v) is 7.65. The SMILES string of the molecule is CC12CCCCC1C2C(=O)N/N=C\c1cc2c(cc1Br)OCO2.